The highest BCUT2D eigenvalue weighted by atomic mass is 19.1. The molecule has 0 amide bonds. The third-order valence-electron chi connectivity index (χ3n) is 5.33. The van der Waals surface area contributed by atoms with E-state index < -0.39 is 17.2 Å². The summed E-state index contributed by atoms with van der Waals surface area (Å²) in [6, 6.07) is 4.20. The number of hydrogen-bond acceptors (Lipinski definition) is 1. The van der Waals surface area contributed by atoms with Gasteiger partial charge in [0, 0.05) is 0 Å². The van der Waals surface area contributed by atoms with E-state index >= 15 is 0 Å². The van der Waals surface area contributed by atoms with Crippen LogP contribution in [0.2, 0.25) is 0 Å². The Morgan fingerprint density at radius 1 is 1.12 bits per heavy atom. The van der Waals surface area contributed by atoms with Crippen molar-refractivity contribution in [2.75, 3.05) is 0 Å². The molecule has 0 spiro atoms. The zero-order valence-corrected chi connectivity index (χ0v) is 15.2. The molecule has 0 aromatic heterocycles. The van der Waals surface area contributed by atoms with Crippen LogP contribution in [-0.4, -0.2) is 0 Å². The second-order valence-corrected chi connectivity index (χ2v) is 7.29. The molecule has 0 atom stereocenters. The Morgan fingerprint density at radius 3 is 2.40 bits per heavy atom. The van der Waals surface area contributed by atoms with Gasteiger partial charge in [-0.1, -0.05) is 31.9 Å². The molecule has 1 aliphatic rings. The van der Waals surface area contributed by atoms with Crippen molar-refractivity contribution < 1.29 is 8.78 Å². The number of halogens is 2. The molecule has 0 radical (unpaired) electrons. The van der Waals surface area contributed by atoms with Crippen molar-refractivity contribution in [3.63, 3.8) is 0 Å². The first-order valence-electron chi connectivity index (χ1n) is 9.68. The zero-order valence-electron chi connectivity index (χ0n) is 15.2. The van der Waals surface area contributed by atoms with E-state index in [1.165, 1.54) is 63.5 Å². The van der Waals surface area contributed by atoms with E-state index in [1.807, 2.05) is 0 Å². The highest BCUT2D eigenvalue weighted by Gasteiger charge is 2.19. The molecule has 0 unspecified atom stereocenters. The minimum atomic E-state index is -0.741. The number of aryl methyl sites for hydroxylation is 1. The molecule has 1 aromatic rings. The summed E-state index contributed by atoms with van der Waals surface area (Å²) in [6.45, 7) is 2.23. The number of rotatable bonds is 8. The number of benzene rings is 1. The summed E-state index contributed by atoms with van der Waals surface area (Å²) < 4.78 is 27.3. The molecule has 0 saturated heterocycles. The Balaban J connectivity index is 1.73. The molecular weight excluding hydrogens is 316 g/mol. The fraction of sp³-hybridized carbons (Fsp3) is 0.591. The zero-order chi connectivity index (χ0) is 18.1. The molecule has 25 heavy (non-hydrogen) atoms. The van der Waals surface area contributed by atoms with Crippen molar-refractivity contribution in [2.45, 2.75) is 71.1 Å². The van der Waals surface area contributed by atoms with Crippen LogP contribution in [0, 0.1) is 34.8 Å². The highest BCUT2D eigenvalue weighted by molar-refractivity contribution is 5.35. The molecular formula is C22H29F2N. The van der Waals surface area contributed by atoms with Crippen LogP contribution in [0.4, 0.5) is 8.78 Å². The Hall–Kier alpha value is -1.69. The number of unbranched alkanes of at least 4 members (excludes halogenated alkanes) is 3. The van der Waals surface area contributed by atoms with Gasteiger partial charge in [-0.3, -0.25) is 0 Å². The largest absolute Gasteiger partial charge is 0.205 e. The van der Waals surface area contributed by atoms with Crippen molar-refractivity contribution in [1.82, 2.24) is 0 Å². The van der Waals surface area contributed by atoms with Crippen LogP contribution >= 0.6 is 0 Å². The molecule has 0 N–H and O–H groups in total. The third kappa shape index (κ3) is 6.27. The number of hydrogen-bond donors (Lipinski definition) is 0. The van der Waals surface area contributed by atoms with Crippen molar-refractivity contribution in [3.05, 3.63) is 47.0 Å². The lowest BCUT2D eigenvalue weighted by Gasteiger charge is -2.26. The average Bonchev–Trinajstić information content (AvgIpc) is 2.60. The van der Waals surface area contributed by atoms with Crippen LogP contribution in [0.3, 0.4) is 0 Å². The van der Waals surface area contributed by atoms with Gasteiger partial charge in [0.25, 0.3) is 0 Å². The van der Waals surface area contributed by atoms with Crippen molar-refractivity contribution in [2.24, 2.45) is 11.8 Å². The predicted octanol–water partition coefficient (Wildman–Crippen LogP) is 6.71. The lowest BCUT2D eigenvalue weighted by molar-refractivity contribution is 0.295. The molecule has 2 rings (SSSR count). The van der Waals surface area contributed by atoms with Crippen LogP contribution in [-0.2, 0) is 6.42 Å². The van der Waals surface area contributed by atoms with Crippen molar-refractivity contribution in [1.29, 1.82) is 5.26 Å². The predicted molar refractivity (Wildman–Crippen MR) is 98.1 cm³/mol. The van der Waals surface area contributed by atoms with E-state index in [2.05, 4.69) is 19.1 Å². The van der Waals surface area contributed by atoms with E-state index in [4.69, 9.17) is 5.26 Å². The summed E-state index contributed by atoms with van der Waals surface area (Å²) in [7, 11) is 0. The van der Waals surface area contributed by atoms with Gasteiger partial charge in [0.05, 0.1) is 0 Å². The molecule has 1 nitrogen and oxygen atoms in total. The van der Waals surface area contributed by atoms with Gasteiger partial charge >= 0.3 is 0 Å². The first-order chi connectivity index (χ1) is 12.1. The van der Waals surface area contributed by atoms with Gasteiger partial charge in [0.15, 0.2) is 0 Å². The summed E-state index contributed by atoms with van der Waals surface area (Å²) >= 11 is 0. The summed E-state index contributed by atoms with van der Waals surface area (Å²) in [6.07, 6.45) is 16.3. The molecule has 1 fully saturated rings. The number of nitrogens with zero attached hydrogens (tertiary/aromatic N) is 1. The smallest absolute Gasteiger partial charge is 0.144 e. The van der Waals surface area contributed by atoms with E-state index in [0.29, 0.717) is 23.8 Å². The maximum Gasteiger partial charge on any atom is 0.144 e. The van der Waals surface area contributed by atoms with E-state index in [1.54, 1.807) is 6.07 Å². The average molecular weight is 345 g/mol. The Kier molecular flexibility index (Phi) is 8.12. The molecule has 0 heterocycles. The first kappa shape index (κ1) is 19.6. The van der Waals surface area contributed by atoms with Crippen molar-refractivity contribution >= 4 is 0 Å². The second-order valence-electron chi connectivity index (χ2n) is 7.29. The highest BCUT2D eigenvalue weighted by Crippen LogP contribution is 2.32. The summed E-state index contributed by atoms with van der Waals surface area (Å²) in [5, 5.41) is 8.72. The van der Waals surface area contributed by atoms with Crippen LogP contribution in [0.15, 0.2) is 24.3 Å². The van der Waals surface area contributed by atoms with E-state index in [9.17, 15) is 8.78 Å². The quantitative estimate of drug-likeness (QED) is 0.379. The maximum absolute atomic E-state index is 13.7. The molecule has 1 aromatic carbocycles. The molecule has 0 aliphatic heterocycles. The second kappa shape index (κ2) is 10.3. The van der Waals surface area contributed by atoms with E-state index in [0.717, 1.165) is 6.42 Å². The monoisotopic (exact) mass is 345 g/mol. The SMILES string of the molecule is CCCCC/C=C/C1CCC(CCc2cc(F)c(C#N)c(F)c2)CC1. The van der Waals surface area contributed by atoms with Crippen molar-refractivity contribution in [3.8, 4) is 6.07 Å². The summed E-state index contributed by atoms with van der Waals surface area (Å²) in [5.41, 5.74) is 0.182. The van der Waals surface area contributed by atoms with Gasteiger partial charge in [-0.15, -0.1) is 0 Å². The van der Waals surface area contributed by atoms with Gasteiger partial charge in [0.1, 0.15) is 23.3 Å². The molecule has 1 saturated carbocycles. The van der Waals surface area contributed by atoms with Crippen LogP contribution in [0.5, 0.6) is 0 Å². The van der Waals surface area contributed by atoms with Gasteiger partial charge in [0.2, 0.25) is 0 Å². The van der Waals surface area contributed by atoms with Crippen LogP contribution in [0.1, 0.15) is 75.8 Å². The molecule has 3 heteroatoms. The van der Waals surface area contributed by atoms with Crippen LogP contribution in [0.25, 0.3) is 0 Å². The number of nitriles is 1. The first-order valence-corrected chi connectivity index (χ1v) is 9.68. The maximum atomic E-state index is 13.7. The van der Waals surface area contributed by atoms with Gasteiger partial charge in [-0.2, -0.15) is 5.26 Å². The van der Waals surface area contributed by atoms with Gasteiger partial charge in [-0.25, -0.2) is 8.78 Å². The van der Waals surface area contributed by atoms with Gasteiger partial charge in [-0.05, 0) is 80.9 Å². The molecule has 1 aliphatic carbocycles. The number of allylic oxidation sites excluding steroid dienone is 2. The minimum absolute atomic E-state index is 0.477. The van der Waals surface area contributed by atoms with Gasteiger partial charge < -0.3 is 0 Å². The fourth-order valence-electron chi connectivity index (χ4n) is 3.72. The standard InChI is InChI=1S/C22H29F2N/c1-2-3-4-5-6-7-17-8-10-18(11-9-17)12-13-19-14-21(23)20(16-25)22(24)15-19/h6-7,14-15,17-18H,2-5,8-13H2,1H3/b7-6+. The fourth-order valence-corrected chi connectivity index (χ4v) is 3.72. The Bertz CT molecular complexity index is 584. The lowest BCUT2D eigenvalue weighted by Crippen LogP contribution is -2.14. The lowest BCUT2D eigenvalue weighted by atomic mass is 9.79. The summed E-state index contributed by atoms with van der Waals surface area (Å²) in [5.74, 6) is -0.127. The van der Waals surface area contributed by atoms with E-state index in [-0.39, 0.29) is 0 Å². The summed E-state index contributed by atoms with van der Waals surface area (Å²) in [4.78, 5) is 0. The molecule has 136 valence electrons. The Labute approximate surface area is 150 Å². The third-order valence-corrected chi connectivity index (χ3v) is 5.33. The van der Waals surface area contributed by atoms with Crippen LogP contribution < -0.4 is 0 Å². The molecule has 0 bridgehead atoms. The topological polar surface area (TPSA) is 23.8 Å². The minimum Gasteiger partial charge on any atom is -0.205 e. The normalized spacial score (nSPS) is 20.7. The Morgan fingerprint density at radius 2 is 1.80 bits per heavy atom.